The lowest BCUT2D eigenvalue weighted by molar-refractivity contribution is -1.03. The van der Waals surface area contributed by atoms with Gasteiger partial charge in [0.2, 0.25) is 5.82 Å². The highest BCUT2D eigenvalue weighted by atomic mass is 15.6. The molecule has 6 heteroatoms. The monoisotopic (exact) mass is 392 g/mol. The molecule has 152 valence electrons. The zero-order valence-electron chi connectivity index (χ0n) is 17.7. The second-order valence-electron chi connectivity index (χ2n) is 9.02. The molecule has 1 aliphatic heterocycles. The second-order valence-corrected chi connectivity index (χ2v) is 9.02. The Bertz CT molecular complexity index is 852. The summed E-state index contributed by atoms with van der Waals surface area (Å²) < 4.78 is 1.97. The Morgan fingerprint density at radius 2 is 1.41 bits per heavy atom. The molecule has 1 fully saturated rings. The van der Waals surface area contributed by atoms with Crippen molar-refractivity contribution in [1.29, 1.82) is 0 Å². The normalized spacial score (nSPS) is 20.1. The van der Waals surface area contributed by atoms with Gasteiger partial charge in [-0.25, -0.2) is 4.68 Å². The molecule has 0 unspecified atom stereocenters. The van der Waals surface area contributed by atoms with Crippen LogP contribution < -0.4 is 9.80 Å². The van der Waals surface area contributed by atoms with E-state index in [0.717, 1.165) is 38.5 Å². The van der Waals surface area contributed by atoms with Crippen LogP contribution in [0.3, 0.4) is 0 Å². The van der Waals surface area contributed by atoms with Crippen molar-refractivity contribution in [3.8, 4) is 0 Å². The maximum absolute atomic E-state index is 4.30. The van der Waals surface area contributed by atoms with Gasteiger partial charge in [-0.15, -0.1) is 5.10 Å². The van der Waals surface area contributed by atoms with Gasteiger partial charge in [-0.1, -0.05) is 60.7 Å². The lowest BCUT2D eigenvalue weighted by Crippen LogP contribution is -3.27. The first-order chi connectivity index (χ1) is 14.0. The van der Waals surface area contributed by atoms with Crippen LogP contribution in [0.4, 0.5) is 0 Å². The topological polar surface area (TPSA) is 52.5 Å². The Morgan fingerprint density at radius 1 is 0.862 bits per heavy atom. The van der Waals surface area contributed by atoms with Gasteiger partial charge in [-0.2, -0.15) is 0 Å². The van der Waals surface area contributed by atoms with Crippen LogP contribution in [-0.4, -0.2) is 46.4 Å². The average molecular weight is 393 g/mol. The summed E-state index contributed by atoms with van der Waals surface area (Å²) in [6.07, 6.45) is 0. The molecule has 2 N–H and O–H groups in total. The first-order valence-electron chi connectivity index (χ1n) is 10.6. The maximum atomic E-state index is 4.30. The molecule has 0 aliphatic carbocycles. The zero-order chi connectivity index (χ0) is 20.3. The predicted octanol–water partition coefficient (Wildman–Crippen LogP) is 0.501. The molecule has 0 spiro atoms. The summed E-state index contributed by atoms with van der Waals surface area (Å²) >= 11 is 0. The number of quaternary nitrogens is 2. The third-order valence-electron chi connectivity index (χ3n) is 5.85. The molecule has 29 heavy (non-hydrogen) atoms. The van der Waals surface area contributed by atoms with Crippen molar-refractivity contribution >= 4 is 0 Å². The highest BCUT2D eigenvalue weighted by molar-refractivity contribution is 5.29. The fourth-order valence-electron chi connectivity index (χ4n) is 4.41. The number of benzene rings is 2. The quantitative estimate of drug-likeness (QED) is 0.665. The molecule has 0 bridgehead atoms. The van der Waals surface area contributed by atoms with E-state index in [4.69, 9.17) is 0 Å². The fraction of sp³-hybridized carbons (Fsp3) is 0.435. The number of rotatable bonds is 5. The van der Waals surface area contributed by atoms with Crippen LogP contribution in [0.15, 0.2) is 60.7 Å². The molecule has 1 aliphatic rings. The molecular weight excluding hydrogens is 360 g/mol. The molecule has 0 saturated carbocycles. The lowest BCUT2D eigenvalue weighted by Gasteiger charge is -2.35. The van der Waals surface area contributed by atoms with Crippen LogP contribution in [0, 0.1) is 0 Å². The molecule has 0 amide bonds. The number of piperazine rings is 1. The van der Waals surface area contributed by atoms with Gasteiger partial charge < -0.3 is 9.80 Å². The summed E-state index contributed by atoms with van der Waals surface area (Å²) in [4.78, 5) is 3.20. The van der Waals surface area contributed by atoms with Crippen molar-refractivity contribution in [1.82, 2.24) is 20.2 Å². The standard InChI is InChI=1S/C23H30N6/c1-23(2,3)29-21(24-25-26-29)18-27-14-16-28(17-15-27)22(19-10-6-4-7-11-19)20-12-8-5-9-13-20/h4-13,22H,14-18H2,1-3H3/p+2. The van der Waals surface area contributed by atoms with Crippen LogP contribution in [0.25, 0.3) is 0 Å². The van der Waals surface area contributed by atoms with Gasteiger partial charge in [-0.05, 0) is 31.2 Å². The van der Waals surface area contributed by atoms with Gasteiger partial charge in [0.25, 0.3) is 0 Å². The van der Waals surface area contributed by atoms with Gasteiger partial charge in [0, 0.05) is 11.1 Å². The minimum absolute atomic E-state index is 0.0863. The summed E-state index contributed by atoms with van der Waals surface area (Å²) in [5, 5.41) is 12.4. The maximum Gasteiger partial charge on any atom is 0.206 e. The predicted molar refractivity (Wildman–Crippen MR) is 113 cm³/mol. The highest BCUT2D eigenvalue weighted by Gasteiger charge is 2.33. The summed E-state index contributed by atoms with van der Waals surface area (Å²) in [6.45, 7) is 11.9. The molecule has 2 heterocycles. The Balaban J connectivity index is 1.47. The largest absolute Gasteiger partial charge is 0.319 e. The minimum atomic E-state index is -0.0863. The SMILES string of the molecule is CC(C)(C)n1nnnc1C[NH+]1CC[NH+](C(c2ccccc2)c2ccccc2)CC1. The molecular formula is C23H32N6+2. The third-order valence-corrected chi connectivity index (χ3v) is 5.85. The van der Waals surface area contributed by atoms with E-state index in [-0.39, 0.29) is 5.54 Å². The van der Waals surface area contributed by atoms with E-state index in [1.54, 1.807) is 9.80 Å². The van der Waals surface area contributed by atoms with Crippen LogP contribution in [0.5, 0.6) is 0 Å². The average Bonchev–Trinajstić information content (AvgIpc) is 3.20. The second kappa shape index (κ2) is 8.43. The van der Waals surface area contributed by atoms with E-state index in [9.17, 15) is 0 Å². The van der Waals surface area contributed by atoms with E-state index in [1.807, 2.05) is 4.68 Å². The molecule has 4 rings (SSSR count). The molecule has 0 radical (unpaired) electrons. The van der Waals surface area contributed by atoms with E-state index >= 15 is 0 Å². The Morgan fingerprint density at radius 3 is 1.93 bits per heavy atom. The number of aromatic nitrogens is 4. The van der Waals surface area contributed by atoms with Gasteiger partial charge in [0.15, 0.2) is 0 Å². The molecule has 1 aromatic heterocycles. The summed E-state index contributed by atoms with van der Waals surface area (Å²) in [5.74, 6) is 0.985. The van der Waals surface area contributed by atoms with Crippen LogP contribution in [0.1, 0.15) is 43.8 Å². The van der Waals surface area contributed by atoms with Crippen LogP contribution >= 0.6 is 0 Å². The van der Waals surface area contributed by atoms with Crippen LogP contribution in [-0.2, 0) is 12.1 Å². The van der Waals surface area contributed by atoms with E-state index in [2.05, 4.69) is 97.0 Å². The number of hydrogen-bond donors (Lipinski definition) is 2. The number of tetrazole rings is 1. The van der Waals surface area contributed by atoms with Gasteiger partial charge >= 0.3 is 0 Å². The summed E-state index contributed by atoms with van der Waals surface area (Å²) in [6, 6.07) is 22.3. The van der Waals surface area contributed by atoms with Crippen molar-refractivity contribution in [2.75, 3.05) is 26.2 Å². The molecule has 6 nitrogen and oxygen atoms in total. The Labute approximate surface area is 173 Å². The van der Waals surface area contributed by atoms with Gasteiger partial charge in [-0.3, -0.25) is 0 Å². The summed E-state index contributed by atoms with van der Waals surface area (Å²) in [5.41, 5.74) is 2.71. The first kappa shape index (κ1) is 19.7. The van der Waals surface area contributed by atoms with Crippen LogP contribution in [0.2, 0.25) is 0 Å². The number of nitrogens with one attached hydrogen (secondary N) is 2. The summed E-state index contributed by atoms with van der Waals surface area (Å²) in [7, 11) is 0. The fourth-order valence-corrected chi connectivity index (χ4v) is 4.41. The van der Waals surface area contributed by atoms with Crippen molar-refractivity contribution in [2.45, 2.75) is 38.9 Å². The van der Waals surface area contributed by atoms with Crippen molar-refractivity contribution < 1.29 is 9.80 Å². The first-order valence-corrected chi connectivity index (χ1v) is 10.6. The Hall–Kier alpha value is -2.57. The third kappa shape index (κ3) is 4.54. The molecule has 2 aromatic carbocycles. The Kier molecular flexibility index (Phi) is 5.74. The lowest BCUT2D eigenvalue weighted by atomic mass is 9.96. The number of nitrogens with zero attached hydrogens (tertiary/aromatic N) is 4. The smallest absolute Gasteiger partial charge is 0.206 e. The highest BCUT2D eigenvalue weighted by Crippen LogP contribution is 2.19. The molecule has 1 saturated heterocycles. The van der Waals surface area contributed by atoms with Gasteiger partial charge in [0.1, 0.15) is 38.8 Å². The zero-order valence-corrected chi connectivity index (χ0v) is 17.7. The van der Waals surface area contributed by atoms with Crippen molar-refractivity contribution in [3.63, 3.8) is 0 Å². The number of hydrogen-bond acceptors (Lipinski definition) is 3. The van der Waals surface area contributed by atoms with Crippen molar-refractivity contribution in [2.24, 2.45) is 0 Å². The van der Waals surface area contributed by atoms with E-state index in [0.29, 0.717) is 6.04 Å². The minimum Gasteiger partial charge on any atom is -0.319 e. The molecule has 3 aromatic rings. The molecule has 0 atom stereocenters. The van der Waals surface area contributed by atoms with Gasteiger partial charge in [0.05, 0.1) is 5.54 Å². The van der Waals surface area contributed by atoms with Crippen molar-refractivity contribution in [3.05, 3.63) is 77.6 Å². The van der Waals surface area contributed by atoms with E-state index < -0.39 is 0 Å². The van der Waals surface area contributed by atoms with E-state index in [1.165, 1.54) is 11.1 Å².